The van der Waals surface area contributed by atoms with Gasteiger partial charge >= 0.3 is 0 Å². The number of ether oxygens (including phenoxy) is 2. The number of hydrogen-bond donors (Lipinski definition) is 3. The summed E-state index contributed by atoms with van der Waals surface area (Å²) in [6, 6.07) is 12.3. The molecule has 33 heavy (non-hydrogen) atoms. The number of carbonyl (C=O) groups is 2. The third-order valence-electron chi connectivity index (χ3n) is 5.49. The Balaban J connectivity index is 1.39. The first-order chi connectivity index (χ1) is 16.0. The van der Waals surface area contributed by atoms with Gasteiger partial charge in [-0.1, -0.05) is 12.1 Å². The van der Waals surface area contributed by atoms with Crippen LogP contribution < -0.4 is 25.8 Å². The number of nitrogens with one attached hydrogen (secondary N) is 2. The SMILES string of the molecule is COc1ccc(C(=O)NCc2cccc(C(=O)Nc3nc4c(s3)CC(N)CC4)c2)cc1OC. The summed E-state index contributed by atoms with van der Waals surface area (Å²) in [4.78, 5) is 31.0. The fourth-order valence-corrected chi connectivity index (χ4v) is 4.80. The Morgan fingerprint density at radius 3 is 2.67 bits per heavy atom. The number of carbonyl (C=O) groups excluding carboxylic acids is 2. The highest BCUT2D eigenvalue weighted by molar-refractivity contribution is 7.15. The largest absolute Gasteiger partial charge is 0.493 e. The van der Waals surface area contributed by atoms with Crippen LogP contribution in [0.4, 0.5) is 5.13 Å². The Hall–Kier alpha value is -3.43. The van der Waals surface area contributed by atoms with Crippen LogP contribution in [0.5, 0.6) is 11.5 Å². The van der Waals surface area contributed by atoms with Crippen LogP contribution >= 0.6 is 11.3 Å². The molecule has 0 saturated carbocycles. The van der Waals surface area contributed by atoms with Crippen molar-refractivity contribution in [1.29, 1.82) is 0 Å². The van der Waals surface area contributed by atoms with Gasteiger partial charge in [0.1, 0.15) is 0 Å². The lowest BCUT2D eigenvalue weighted by Gasteiger charge is -2.15. The molecule has 1 aliphatic rings. The van der Waals surface area contributed by atoms with Crippen molar-refractivity contribution < 1.29 is 19.1 Å². The van der Waals surface area contributed by atoms with Crippen molar-refractivity contribution >= 4 is 28.3 Å². The maximum absolute atomic E-state index is 12.8. The van der Waals surface area contributed by atoms with Crippen molar-refractivity contribution in [2.75, 3.05) is 19.5 Å². The van der Waals surface area contributed by atoms with Gasteiger partial charge in [0, 0.05) is 28.6 Å². The molecule has 8 nitrogen and oxygen atoms in total. The molecule has 2 amide bonds. The van der Waals surface area contributed by atoms with Crippen LogP contribution in [0.25, 0.3) is 0 Å². The van der Waals surface area contributed by atoms with Gasteiger partial charge in [-0.05, 0) is 55.2 Å². The third kappa shape index (κ3) is 5.32. The summed E-state index contributed by atoms with van der Waals surface area (Å²) < 4.78 is 10.5. The van der Waals surface area contributed by atoms with E-state index < -0.39 is 0 Å². The van der Waals surface area contributed by atoms with E-state index in [1.807, 2.05) is 6.07 Å². The normalized spacial score (nSPS) is 14.8. The lowest BCUT2D eigenvalue weighted by molar-refractivity contribution is 0.0950. The molecule has 0 aliphatic heterocycles. The number of aryl methyl sites for hydroxylation is 1. The number of anilines is 1. The number of benzene rings is 2. The van der Waals surface area contributed by atoms with Gasteiger partial charge in [-0.15, -0.1) is 11.3 Å². The molecule has 0 spiro atoms. The molecule has 2 aromatic carbocycles. The molecule has 1 heterocycles. The summed E-state index contributed by atoms with van der Waals surface area (Å²) >= 11 is 1.48. The summed E-state index contributed by atoms with van der Waals surface area (Å²) in [5.41, 5.74) is 8.82. The topological polar surface area (TPSA) is 116 Å². The van der Waals surface area contributed by atoms with Crippen molar-refractivity contribution in [3.63, 3.8) is 0 Å². The number of amides is 2. The predicted octanol–water partition coefficient (Wildman–Crippen LogP) is 3.16. The van der Waals surface area contributed by atoms with Gasteiger partial charge < -0.3 is 20.5 Å². The van der Waals surface area contributed by atoms with Crippen molar-refractivity contribution in [3.05, 3.63) is 69.7 Å². The van der Waals surface area contributed by atoms with Gasteiger partial charge in [0.2, 0.25) is 0 Å². The zero-order valence-electron chi connectivity index (χ0n) is 18.5. The fraction of sp³-hybridized carbons (Fsp3) is 0.292. The number of thiazole rings is 1. The minimum absolute atomic E-state index is 0.160. The summed E-state index contributed by atoms with van der Waals surface area (Å²) in [5, 5.41) is 6.34. The molecule has 3 aromatic rings. The Morgan fingerprint density at radius 1 is 1.09 bits per heavy atom. The Labute approximate surface area is 196 Å². The quantitative estimate of drug-likeness (QED) is 0.493. The molecule has 4 N–H and O–H groups in total. The van der Waals surface area contributed by atoms with Gasteiger partial charge in [-0.3, -0.25) is 14.9 Å². The van der Waals surface area contributed by atoms with Crippen molar-refractivity contribution in [2.45, 2.75) is 31.8 Å². The molecule has 9 heteroatoms. The second kappa shape index (κ2) is 10.0. The van der Waals surface area contributed by atoms with E-state index in [1.165, 1.54) is 18.4 Å². The number of methoxy groups -OCH3 is 2. The van der Waals surface area contributed by atoms with Crippen LogP contribution in [0, 0.1) is 0 Å². The fourth-order valence-electron chi connectivity index (χ4n) is 3.71. The Bertz CT molecular complexity index is 1180. The number of fused-ring (bicyclic) bond motifs is 1. The molecule has 0 radical (unpaired) electrons. The van der Waals surface area contributed by atoms with Gasteiger partial charge in [-0.25, -0.2) is 4.98 Å². The molecule has 1 unspecified atom stereocenters. The second-order valence-corrected chi connectivity index (χ2v) is 8.88. The third-order valence-corrected chi connectivity index (χ3v) is 6.52. The highest BCUT2D eigenvalue weighted by Gasteiger charge is 2.21. The van der Waals surface area contributed by atoms with E-state index in [0.717, 1.165) is 35.4 Å². The van der Waals surface area contributed by atoms with Gasteiger partial charge in [0.05, 0.1) is 19.9 Å². The molecule has 1 aromatic heterocycles. The highest BCUT2D eigenvalue weighted by Crippen LogP contribution is 2.30. The second-order valence-electron chi connectivity index (χ2n) is 7.80. The van der Waals surface area contributed by atoms with E-state index in [2.05, 4.69) is 15.6 Å². The highest BCUT2D eigenvalue weighted by atomic mass is 32.1. The molecular formula is C24H26N4O4S. The Kier molecular flexibility index (Phi) is 6.90. The van der Waals surface area contributed by atoms with Crippen molar-refractivity contribution in [2.24, 2.45) is 5.73 Å². The van der Waals surface area contributed by atoms with Gasteiger partial charge in [0.15, 0.2) is 16.6 Å². The van der Waals surface area contributed by atoms with Crippen LogP contribution in [-0.2, 0) is 19.4 Å². The first-order valence-corrected chi connectivity index (χ1v) is 11.4. The zero-order valence-corrected chi connectivity index (χ0v) is 19.3. The first-order valence-electron chi connectivity index (χ1n) is 10.6. The molecule has 1 aliphatic carbocycles. The predicted molar refractivity (Wildman–Crippen MR) is 127 cm³/mol. The summed E-state index contributed by atoms with van der Waals surface area (Å²) in [7, 11) is 3.06. The van der Waals surface area contributed by atoms with E-state index >= 15 is 0 Å². The number of nitrogens with zero attached hydrogens (tertiary/aromatic N) is 1. The Morgan fingerprint density at radius 2 is 1.88 bits per heavy atom. The van der Waals surface area contributed by atoms with Gasteiger partial charge in [0.25, 0.3) is 11.8 Å². The minimum atomic E-state index is -0.252. The lowest BCUT2D eigenvalue weighted by Crippen LogP contribution is -2.27. The van der Waals surface area contributed by atoms with E-state index in [4.69, 9.17) is 15.2 Å². The number of nitrogens with two attached hydrogens (primary N) is 1. The standard InChI is InChI=1S/C24H26N4O4S/c1-31-19-9-6-16(11-20(19)32-2)22(29)26-13-14-4-3-5-15(10-14)23(30)28-24-27-18-8-7-17(25)12-21(18)33-24/h3-6,9-11,17H,7-8,12-13,25H2,1-2H3,(H,26,29)(H,27,28,30). The van der Waals surface area contributed by atoms with E-state index in [9.17, 15) is 9.59 Å². The van der Waals surface area contributed by atoms with E-state index in [-0.39, 0.29) is 24.4 Å². The minimum Gasteiger partial charge on any atom is -0.493 e. The zero-order chi connectivity index (χ0) is 23.4. The summed E-state index contributed by atoms with van der Waals surface area (Å²) in [6.07, 6.45) is 2.57. The number of aromatic nitrogens is 1. The summed E-state index contributed by atoms with van der Waals surface area (Å²) in [6.45, 7) is 0.276. The lowest BCUT2D eigenvalue weighted by atomic mass is 9.99. The molecule has 172 valence electrons. The molecular weight excluding hydrogens is 440 g/mol. The smallest absolute Gasteiger partial charge is 0.257 e. The maximum Gasteiger partial charge on any atom is 0.257 e. The molecule has 1 atom stereocenters. The van der Waals surface area contributed by atoms with Crippen LogP contribution in [-0.4, -0.2) is 37.1 Å². The number of hydrogen-bond acceptors (Lipinski definition) is 7. The first kappa shape index (κ1) is 22.8. The van der Waals surface area contributed by atoms with Crippen LogP contribution in [0.3, 0.4) is 0 Å². The average molecular weight is 467 g/mol. The van der Waals surface area contributed by atoms with E-state index in [1.54, 1.807) is 43.5 Å². The maximum atomic E-state index is 12.8. The molecule has 0 saturated heterocycles. The van der Waals surface area contributed by atoms with Crippen LogP contribution in [0.1, 0.15) is 43.3 Å². The molecule has 0 fully saturated rings. The monoisotopic (exact) mass is 466 g/mol. The molecule has 4 rings (SSSR count). The van der Waals surface area contributed by atoms with Crippen molar-refractivity contribution in [1.82, 2.24) is 10.3 Å². The number of rotatable bonds is 7. The van der Waals surface area contributed by atoms with Crippen LogP contribution in [0.15, 0.2) is 42.5 Å². The molecule has 0 bridgehead atoms. The van der Waals surface area contributed by atoms with Gasteiger partial charge in [-0.2, -0.15) is 0 Å². The summed E-state index contributed by atoms with van der Waals surface area (Å²) in [5.74, 6) is 0.544. The van der Waals surface area contributed by atoms with E-state index in [0.29, 0.717) is 27.8 Å². The van der Waals surface area contributed by atoms with Crippen molar-refractivity contribution in [3.8, 4) is 11.5 Å². The van der Waals surface area contributed by atoms with Crippen LogP contribution in [0.2, 0.25) is 0 Å². The average Bonchev–Trinajstić information content (AvgIpc) is 3.23.